The molecule has 0 atom stereocenters. The molecular formula is C18H18BrN5OS. The van der Waals surface area contributed by atoms with Crippen molar-refractivity contribution in [2.45, 2.75) is 25.8 Å². The van der Waals surface area contributed by atoms with Gasteiger partial charge in [-0.05, 0) is 50.6 Å². The summed E-state index contributed by atoms with van der Waals surface area (Å²) in [6, 6.07) is 9.58. The average Bonchev–Trinajstić information content (AvgIpc) is 2.94. The number of rotatable bonds is 5. The topological polar surface area (TPSA) is 72.7 Å². The van der Waals surface area contributed by atoms with Crippen molar-refractivity contribution in [2.75, 3.05) is 11.1 Å². The first-order valence-electron chi connectivity index (χ1n) is 7.97. The van der Waals surface area contributed by atoms with Crippen molar-refractivity contribution < 1.29 is 4.79 Å². The molecule has 0 bridgehead atoms. The summed E-state index contributed by atoms with van der Waals surface area (Å²) in [5.74, 6) is 0.882. The maximum Gasteiger partial charge on any atom is 0.234 e. The lowest BCUT2D eigenvalue weighted by Gasteiger charge is -2.09. The SMILES string of the molecule is Cc1cc(C)n(-c2cc(SCC(=O)Nc3ccc(Br)cc3C)ncn2)n1. The molecule has 3 rings (SSSR count). The Bertz CT molecular complexity index is 957. The number of anilines is 1. The van der Waals surface area contributed by atoms with Crippen LogP contribution in [0.15, 0.2) is 46.2 Å². The third kappa shape index (κ3) is 4.50. The van der Waals surface area contributed by atoms with Gasteiger partial charge in [0.2, 0.25) is 5.91 Å². The van der Waals surface area contributed by atoms with Gasteiger partial charge in [0.05, 0.1) is 11.4 Å². The zero-order valence-corrected chi connectivity index (χ0v) is 17.1. The summed E-state index contributed by atoms with van der Waals surface area (Å²) in [5, 5.41) is 8.08. The van der Waals surface area contributed by atoms with Gasteiger partial charge in [-0.1, -0.05) is 27.7 Å². The van der Waals surface area contributed by atoms with E-state index in [0.29, 0.717) is 5.82 Å². The Hall–Kier alpha value is -2.19. The third-order valence-corrected chi connectivity index (χ3v) is 5.09. The van der Waals surface area contributed by atoms with Crippen molar-refractivity contribution in [2.24, 2.45) is 0 Å². The van der Waals surface area contributed by atoms with Crippen molar-refractivity contribution in [3.05, 3.63) is 58.1 Å². The largest absolute Gasteiger partial charge is 0.325 e. The zero-order chi connectivity index (χ0) is 18.7. The molecule has 6 nitrogen and oxygen atoms in total. The molecule has 26 heavy (non-hydrogen) atoms. The second-order valence-corrected chi connectivity index (χ2v) is 7.76. The fraction of sp³-hybridized carbons (Fsp3) is 0.222. The summed E-state index contributed by atoms with van der Waals surface area (Å²) in [6.07, 6.45) is 1.49. The summed E-state index contributed by atoms with van der Waals surface area (Å²) in [5.41, 5.74) is 3.75. The Balaban J connectivity index is 1.65. The number of aromatic nitrogens is 4. The van der Waals surface area contributed by atoms with Crippen LogP contribution in [0.4, 0.5) is 5.69 Å². The van der Waals surface area contributed by atoms with Crippen LogP contribution in [0.3, 0.4) is 0 Å². The van der Waals surface area contributed by atoms with E-state index in [2.05, 4.69) is 36.3 Å². The third-order valence-electron chi connectivity index (χ3n) is 3.67. The molecule has 0 unspecified atom stereocenters. The first-order chi connectivity index (χ1) is 12.4. The molecule has 1 N–H and O–H groups in total. The van der Waals surface area contributed by atoms with Crippen LogP contribution in [0.2, 0.25) is 0 Å². The van der Waals surface area contributed by atoms with Crippen molar-refractivity contribution in [1.29, 1.82) is 0 Å². The van der Waals surface area contributed by atoms with Gasteiger partial charge in [-0.2, -0.15) is 5.10 Å². The van der Waals surface area contributed by atoms with Gasteiger partial charge < -0.3 is 5.32 Å². The first kappa shape index (κ1) is 18.6. The first-order valence-corrected chi connectivity index (χ1v) is 9.75. The lowest BCUT2D eigenvalue weighted by molar-refractivity contribution is -0.113. The molecule has 0 radical (unpaired) electrons. The van der Waals surface area contributed by atoms with Gasteiger partial charge in [0.1, 0.15) is 11.4 Å². The molecule has 3 aromatic rings. The van der Waals surface area contributed by atoms with Crippen molar-refractivity contribution in [3.8, 4) is 5.82 Å². The number of halogens is 1. The number of nitrogens with zero attached hydrogens (tertiary/aromatic N) is 4. The summed E-state index contributed by atoms with van der Waals surface area (Å²) in [6.45, 7) is 5.87. The Morgan fingerprint density at radius 2 is 2.00 bits per heavy atom. The van der Waals surface area contributed by atoms with Crippen LogP contribution < -0.4 is 5.32 Å². The highest BCUT2D eigenvalue weighted by atomic mass is 79.9. The van der Waals surface area contributed by atoms with E-state index in [0.717, 1.165) is 32.1 Å². The average molecular weight is 432 g/mol. The van der Waals surface area contributed by atoms with Crippen LogP contribution in [0.25, 0.3) is 5.82 Å². The van der Waals surface area contributed by atoms with Gasteiger partial charge in [0.25, 0.3) is 0 Å². The van der Waals surface area contributed by atoms with E-state index in [4.69, 9.17) is 0 Å². The molecule has 0 saturated heterocycles. The summed E-state index contributed by atoms with van der Waals surface area (Å²) in [4.78, 5) is 20.7. The van der Waals surface area contributed by atoms with E-state index in [-0.39, 0.29) is 11.7 Å². The van der Waals surface area contributed by atoms with Gasteiger partial charge in [0.15, 0.2) is 5.82 Å². The fourth-order valence-electron chi connectivity index (χ4n) is 2.48. The number of amides is 1. The number of thioether (sulfide) groups is 1. The smallest absolute Gasteiger partial charge is 0.234 e. The zero-order valence-electron chi connectivity index (χ0n) is 14.7. The maximum atomic E-state index is 12.2. The minimum absolute atomic E-state index is 0.0771. The van der Waals surface area contributed by atoms with Crippen LogP contribution in [-0.4, -0.2) is 31.4 Å². The van der Waals surface area contributed by atoms with E-state index in [1.165, 1.54) is 18.1 Å². The summed E-state index contributed by atoms with van der Waals surface area (Å²) < 4.78 is 2.76. The molecule has 2 aromatic heterocycles. The fourth-order valence-corrected chi connectivity index (χ4v) is 3.62. The van der Waals surface area contributed by atoms with Gasteiger partial charge in [-0.3, -0.25) is 4.79 Å². The number of hydrogen-bond acceptors (Lipinski definition) is 5. The second kappa shape index (κ2) is 8.01. The highest BCUT2D eigenvalue weighted by molar-refractivity contribution is 9.10. The number of hydrogen-bond donors (Lipinski definition) is 1. The van der Waals surface area contributed by atoms with Crippen molar-refractivity contribution >= 4 is 39.3 Å². The van der Waals surface area contributed by atoms with Crippen LogP contribution in [-0.2, 0) is 4.79 Å². The monoisotopic (exact) mass is 431 g/mol. The van der Waals surface area contributed by atoms with Crippen molar-refractivity contribution in [3.63, 3.8) is 0 Å². The van der Waals surface area contributed by atoms with E-state index >= 15 is 0 Å². The standard InChI is InChI=1S/C18H18BrN5OS/c1-11-6-14(19)4-5-15(11)22-17(25)9-26-18-8-16(20-10-21-18)24-13(3)7-12(2)23-24/h4-8,10H,9H2,1-3H3,(H,22,25). The quantitative estimate of drug-likeness (QED) is 0.486. The molecule has 0 aliphatic carbocycles. The molecular weight excluding hydrogens is 414 g/mol. The second-order valence-electron chi connectivity index (χ2n) is 5.85. The molecule has 1 aromatic carbocycles. The molecule has 0 spiro atoms. The number of carbonyl (C=O) groups is 1. The van der Waals surface area contributed by atoms with Crippen LogP contribution in [0, 0.1) is 20.8 Å². The molecule has 0 aliphatic rings. The van der Waals surface area contributed by atoms with Gasteiger partial charge in [-0.25, -0.2) is 14.6 Å². The molecule has 0 saturated carbocycles. The molecule has 134 valence electrons. The molecule has 1 amide bonds. The van der Waals surface area contributed by atoms with Gasteiger partial charge in [0, 0.05) is 21.9 Å². The Labute approximate surface area is 164 Å². The van der Waals surface area contributed by atoms with Gasteiger partial charge in [-0.15, -0.1) is 0 Å². The Kier molecular flexibility index (Phi) is 5.73. The number of nitrogens with one attached hydrogen (secondary N) is 1. The van der Waals surface area contributed by atoms with Crippen molar-refractivity contribution in [1.82, 2.24) is 19.7 Å². The summed E-state index contributed by atoms with van der Waals surface area (Å²) >= 11 is 4.78. The highest BCUT2D eigenvalue weighted by Crippen LogP contribution is 2.22. The maximum absolute atomic E-state index is 12.2. The van der Waals surface area contributed by atoms with E-state index in [1.54, 1.807) is 4.68 Å². The molecule has 0 aliphatic heterocycles. The van der Waals surface area contributed by atoms with Gasteiger partial charge >= 0.3 is 0 Å². The number of aryl methyl sites for hydroxylation is 3. The van der Waals surface area contributed by atoms with E-state index in [1.807, 2.05) is 51.1 Å². The van der Waals surface area contributed by atoms with Crippen LogP contribution in [0.1, 0.15) is 17.0 Å². The normalized spacial score (nSPS) is 10.8. The minimum atomic E-state index is -0.0771. The Morgan fingerprint density at radius 3 is 2.69 bits per heavy atom. The van der Waals surface area contributed by atoms with E-state index < -0.39 is 0 Å². The van der Waals surface area contributed by atoms with Crippen LogP contribution in [0.5, 0.6) is 0 Å². The molecule has 2 heterocycles. The molecule has 0 fully saturated rings. The number of benzene rings is 1. The van der Waals surface area contributed by atoms with E-state index in [9.17, 15) is 4.79 Å². The lowest BCUT2D eigenvalue weighted by atomic mass is 10.2. The molecule has 8 heteroatoms. The highest BCUT2D eigenvalue weighted by Gasteiger charge is 2.10. The number of carbonyl (C=O) groups excluding carboxylic acids is 1. The minimum Gasteiger partial charge on any atom is -0.325 e. The predicted molar refractivity (Wildman–Crippen MR) is 107 cm³/mol. The predicted octanol–water partition coefficient (Wildman–Crippen LogP) is 4.08. The lowest BCUT2D eigenvalue weighted by Crippen LogP contribution is -2.15. The Morgan fingerprint density at radius 1 is 1.19 bits per heavy atom. The summed E-state index contributed by atoms with van der Waals surface area (Å²) in [7, 11) is 0. The van der Waals surface area contributed by atoms with Crippen LogP contribution >= 0.6 is 27.7 Å².